The Morgan fingerprint density at radius 1 is 1.38 bits per heavy atom. The third-order valence-corrected chi connectivity index (χ3v) is 4.52. The van der Waals surface area contributed by atoms with E-state index in [2.05, 4.69) is 0 Å². The Morgan fingerprint density at radius 3 is 2.50 bits per heavy atom. The molecule has 0 atom stereocenters. The summed E-state index contributed by atoms with van der Waals surface area (Å²) in [6, 6.07) is 8.51. The molecule has 2 rings (SSSR count). The molecule has 0 aliphatic carbocycles. The van der Waals surface area contributed by atoms with E-state index in [9.17, 15) is 14.9 Å². The van der Waals surface area contributed by atoms with Crippen LogP contribution in [0.15, 0.2) is 34.0 Å². The number of benzene rings is 1. The molecule has 0 fully saturated rings. The van der Waals surface area contributed by atoms with Crippen molar-refractivity contribution in [1.29, 1.82) is 5.26 Å². The maximum atomic E-state index is 12.8. The van der Waals surface area contributed by atoms with Crippen LogP contribution in [0.2, 0.25) is 5.02 Å². The zero-order valence-corrected chi connectivity index (χ0v) is 15.0. The van der Waals surface area contributed by atoms with Crippen LogP contribution in [0.4, 0.5) is 0 Å². The van der Waals surface area contributed by atoms with Crippen LogP contribution in [-0.4, -0.2) is 23.4 Å². The molecule has 7 heteroatoms. The summed E-state index contributed by atoms with van der Waals surface area (Å²) in [6.45, 7) is 3.56. The molecule has 0 saturated heterocycles. The van der Waals surface area contributed by atoms with E-state index < -0.39 is 11.5 Å². The van der Waals surface area contributed by atoms with Crippen molar-refractivity contribution in [3.8, 4) is 11.8 Å². The fourth-order valence-electron chi connectivity index (χ4n) is 2.41. The van der Waals surface area contributed by atoms with E-state index in [-0.39, 0.29) is 17.7 Å². The van der Waals surface area contributed by atoms with Crippen LogP contribution in [0.3, 0.4) is 0 Å². The van der Waals surface area contributed by atoms with Gasteiger partial charge in [-0.05, 0) is 44.4 Å². The highest BCUT2D eigenvalue weighted by molar-refractivity contribution is 7.98. The van der Waals surface area contributed by atoms with Gasteiger partial charge in [0.25, 0.3) is 5.56 Å². The second-order valence-electron chi connectivity index (χ2n) is 4.82. The van der Waals surface area contributed by atoms with Crippen molar-refractivity contribution in [2.45, 2.75) is 18.7 Å². The zero-order valence-electron chi connectivity index (χ0n) is 13.4. The molecule has 5 nitrogen and oxygen atoms in total. The van der Waals surface area contributed by atoms with Crippen molar-refractivity contribution in [1.82, 2.24) is 4.57 Å². The predicted octanol–water partition coefficient (Wildman–Crippen LogP) is 3.57. The third-order valence-electron chi connectivity index (χ3n) is 3.45. The van der Waals surface area contributed by atoms with Gasteiger partial charge in [0.15, 0.2) is 0 Å². The highest BCUT2D eigenvalue weighted by Gasteiger charge is 2.25. The van der Waals surface area contributed by atoms with Gasteiger partial charge >= 0.3 is 5.97 Å². The number of hydrogen-bond donors (Lipinski definition) is 0. The molecule has 1 aromatic carbocycles. The Labute approximate surface area is 148 Å². The lowest BCUT2D eigenvalue weighted by Gasteiger charge is -2.17. The molecule has 24 heavy (non-hydrogen) atoms. The average Bonchev–Trinajstić information content (AvgIpc) is 2.56. The number of aromatic nitrogens is 1. The number of hydrogen-bond acceptors (Lipinski definition) is 5. The number of ether oxygens (including phenoxy) is 1. The summed E-state index contributed by atoms with van der Waals surface area (Å²) in [5.41, 5.74) is 0.622. The summed E-state index contributed by atoms with van der Waals surface area (Å²) in [4.78, 5) is 25.5. The molecule has 2 aromatic rings. The van der Waals surface area contributed by atoms with Gasteiger partial charge in [-0.2, -0.15) is 5.26 Å². The van der Waals surface area contributed by atoms with E-state index in [4.69, 9.17) is 16.3 Å². The fraction of sp³-hybridized carbons (Fsp3) is 0.235. The van der Waals surface area contributed by atoms with E-state index in [0.29, 0.717) is 21.3 Å². The van der Waals surface area contributed by atoms with Crippen molar-refractivity contribution in [3.05, 3.63) is 56.5 Å². The quantitative estimate of drug-likeness (QED) is 0.614. The second kappa shape index (κ2) is 7.56. The van der Waals surface area contributed by atoms with Gasteiger partial charge in [0.05, 0.1) is 12.2 Å². The minimum Gasteiger partial charge on any atom is -0.462 e. The largest absolute Gasteiger partial charge is 0.462 e. The SMILES string of the molecule is CCOC(=O)c1c(SC)c(C#N)c(=O)n(-c2ccc(Cl)cc2)c1C. The number of nitriles is 1. The first-order valence-electron chi connectivity index (χ1n) is 7.13. The Balaban J connectivity index is 2.88. The molecule has 0 spiro atoms. The van der Waals surface area contributed by atoms with Crippen molar-refractivity contribution in [3.63, 3.8) is 0 Å². The first-order chi connectivity index (χ1) is 11.5. The fourth-order valence-corrected chi connectivity index (χ4v) is 3.31. The Hall–Kier alpha value is -2.23. The maximum Gasteiger partial charge on any atom is 0.341 e. The number of halogens is 1. The molecule has 0 aliphatic rings. The molecule has 124 valence electrons. The van der Waals surface area contributed by atoms with E-state index in [1.807, 2.05) is 6.07 Å². The van der Waals surface area contributed by atoms with Gasteiger partial charge in [0.2, 0.25) is 0 Å². The molecule has 0 unspecified atom stereocenters. The summed E-state index contributed by atoms with van der Waals surface area (Å²) in [5.74, 6) is -0.557. The molecule has 0 amide bonds. The van der Waals surface area contributed by atoms with Crippen LogP contribution < -0.4 is 5.56 Å². The van der Waals surface area contributed by atoms with Gasteiger partial charge in [-0.25, -0.2) is 4.79 Å². The first kappa shape index (κ1) is 18.1. The van der Waals surface area contributed by atoms with Crippen LogP contribution in [0.25, 0.3) is 5.69 Å². The van der Waals surface area contributed by atoms with Crippen LogP contribution in [0.5, 0.6) is 0 Å². The van der Waals surface area contributed by atoms with Crippen LogP contribution in [0.1, 0.15) is 28.5 Å². The van der Waals surface area contributed by atoms with Crippen molar-refractivity contribution in [2.75, 3.05) is 12.9 Å². The zero-order chi connectivity index (χ0) is 17.9. The van der Waals surface area contributed by atoms with E-state index in [1.54, 1.807) is 44.4 Å². The minimum atomic E-state index is -0.557. The Kier molecular flexibility index (Phi) is 5.71. The number of thioether (sulfide) groups is 1. The molecule has 0 radical (unpaired) electrons. The van der Waals surface area contributed by atoms with Gasteiger partial charge in [-0.3, -0.25) is 9.36 Å². The number of carbonyl (C=O) groups excluding carboxylic acids is 1. The Bertz CT molecular complexity index is 883. The topological polar surface area (TPSA) is 72.1 Å². The molecule has 0 aliphatic heterocycles. The second-order valence-corrected chi connectivity index (χ2v) is 6.07. The van der Waals surface area contributed by atoms with Gasteiger partial charge < -0.3 is 4.74 Å². The first-order valence-corrected chi connectivity index (χ1v) is 8.73. The monoisotopic (exact) mass is 362 g/mol. The smallest absolute Gasteiger partial charge is 0.341 e. The van der Waals surface area contributed by atoms with E-state index in [0.717, 1.165) is 0 Å². The van der Waals surface area contributed by atoms with Crippen molar-refractivity contribution >= 4 is 29.3 Å². The lowest BCUT2D eigenvalue weighted by Crippen LogP contribution is -2.28. The lowest BCUT2D eigenvalue weighted by atomic mass is 10.1. The Morgan fingerprint density at radius 2 is 2.00 bits per heavy atom. The summed E-state index contributed by atoms with van der Waals surface area (Å²) in [7, 11) is 0. The molecule has 0 bridgehead atoms. The number of esters is 1. The normalized spacial score (nSPS) is 10.3. The van der Waals surface area contributed by atoms with Crippen LogP contribution in [-0.2, 0) is 4.74 Å². The van der Waals surface area contributed by atoms with Crippen LogP contribution >= 0.6 is 23.4 Å². The minimum absolute atomic E-state index is 0.0777. The molecular formula is C17H15ClN2O3S. The third kappa shape index (κ3) is 3.18. The van der Waals surface area contributed by atoms with Gasteiger partial charge in [-0.1, -0.05) is 11.6 Å². The molecular weight excluding hydrogens is 348 g/mol. The van der Waals surface area contributed by atoms with E-state index in [1.165, 1.54) is 16.3 Å². The summed E-state index contributed by atoms with van der Waals surface area (Å²) in [6.07, 6.45) is 1.71. The number of carbonyl (C=O) groups is 1. The highest BCUT2D eigenvalue weighted by atomic mass is 35.5. The van der Waals surface area contributed by atoms with Crippen molar-refractivity contribution in [2.24, 2.45) is 0 Å². The summed E-state index contributed by atoms with van der Waals surface area (Å²) in [5, 5.41) is 9.95. The van der Waals surface area contributed by atoms with Gasteiger partial charge in [0, 0.05) is 21.3 Å². The van der Waals surface area contributed by atoms with Gasteiger partial charge in [-0.15, -0.1) is 11.8 Å². The molecule has 0 N–H and O–H groups in total. The summed E-state index contributed by atoms with van der Waals surface area (Å²) < 4.78 is 6.44. The van der Waals surface area contributed by atoms with Crippen molar-refractivity contribution < 1.29 is 9.53 Å². The van der Waals surface area contributed by atoms with Gasteiger partial charge in [0.1, 0.15) is 11.6 Å². The highest BCUT2D eigenvalue weighted by Crippen LogP contribution is 2.27. The predicted molar refractivity (Wildman–Crippen MR) is 94.2 cm³/mol. The van der Waals surface area contributed by atoms with E-state index >= 15 is 0 Å². The molecule has 0 saturated carbocycles. The summed E-state index contributed by atoms with van der Waals surface area (Å²) >= 11 is 7.07. The number of rotatable bonds is 4. The van der Waals surface area contributed by atoms with Crippen LogP contribution in [0, 0.1) is 18.3 Å². The maximum absolute atomic E-state index is 12.8. The average molecular weight is 363 g/mol. The number of pyridine rings is 1. The lowest BCUT2D eigenvalue weighted by molar-refractivity contribution is 0.0520. The number of nitrogens with zero attached hydrogens (tertiary/aromatic N) is 2. The molecule has 1 heterocycles. The standard InChI is InChI=1S/C17H15ClN2O3S/c1-4-23-17(22)14-10(2)20(12-7-5-11(18)6-8-12)16(21)13(9-19)15(14)24-3/h5-8H,4H2,1-3H3. The molecule has 1 aromatic heterocycles.